The molecule has 24 heavy (non-hydrogen) atoms. The summed E-state index contributed by atoms with van der Waals surface area (Å²) in [6, 6.07) is 7.22. The second-order valence-electron chi connectivity index (χ2n) is 5.70. The van der Waals surface area contributed by atoms with Crippen LogP contribution in [0.4, 0.5) is 0 Å². The van der Waals surface area contributed by atoms with E-state index in [-0.39, 0.29) is 5.88 Å². The second-order valence-corrected chi connectivity index (χ2v) is 6.14. The Kier molecular flexibility index (Phi) is 6.15. The summed E-state index contributed by atoms with van der Waals surface area (Å²) >= 11 is 5.94. The van der Waals surface area contributed by atoms with Gasteiger partial charge in [0.2, 0.25) is 5.88 Å². The van der Waals surface area contributed by atoms with Gasteiger partial charge in [-0.1, -0.05) is 25.4 Å². The van der Waals surface area contributed by atoms with Gasteiger partial charge in [-0.25, -0.2) is 9.78 Å². The van der Waals surface area contributed by atoms with Gasteiger partial charge in [-0.3, -0.25) is 0 Å². The van der Waals surface area contributed by atoms with Gasteiger partial charge in [0.1, 0.15) is 5.56 Å². The maximum absolute atomic E-state index is 12.2. The summed E-state index contributed by atoms with van der Waals surface area (Å²) in [6.07, 6.45) is 0.619. The molecule has 0 aliphatic carbocycles. The van der Waals surface area contributed by atoms with E-state index >= 15 is 0 Å². The summed E-state index contributed by atoms with van der Waals surface area (Å²) < 4.78 is 10.5. The largest absolute Gasteiger partial charge is 0.477 e. The number of esters is 1. The molecule has 6 heteroatoms. The third-order valence-electron chi connectivity index (χ3n) is 3.33. The van der Waals surface area contributed by atoms with E-state index < -0.39 is 5.97 Å². The fourth-order valence-electron chi connectivity index (χ4n) is 2.30. The van der Waals surface area contributed by atoms with Crippen molar-refractivity contribution in [1.29, 1.82) is 0 Å². The fraction of sp³-hybridized carbons (Fsp3) is 0.389. The van der Waals surface area contributed by atoms with E-state index in [2.05, 4.69) is 23.8 Å². The molecule has 0 aliphatic rings. The number of aromatic nitrogens is 2. The lowest BCUT2D eigenvalue weighted by molar-refractivity contribution is 0.0593. The summed E-state index contributed by atoms with van der Waals surface area (Å²) in [6.45, 7) is 6.35. The first-order valence-electron chi connectivity index (χ1n) is 7.84. The van der Waals surface area contributed by atoms with Crippen molar-refractivity contribution in [3.05, 3.63) is 40.5 Å². The van der Waals surface area contributed by atoms with E-state index in [9.17, 15) is 4.79 Å². The van der Waals surface area contributed by atoms with Gasteiger partial charge in [-0.2, -0.15) is 4.98 Å². The number of nitrogens with zero attached hydrogens (tertiary/aromatic N) is 2. The molecule has 1 aromatic carbocycles. The Morgan fingerprint density at radius 1 is 1.21 bits per heavy atom. The normalized spacial score (nSPS) is 10.8. The first-order valence-corrected chi connectivity index (χ1v) is 8.22. The monoisotopic (exact) mass is 348 g/mol. The molecule has 0 N–H and O–H groups in total. The minimum Gasteiger partial charge on any atom is -0.477 e. The van der Waals surface area contributed by atoms with Gasteiger partial charge in [-0.15, -0.1) is 0 Å². The Bertz CT molecular complexity index is 715. The molecule has 1 aromatic heterocycles. The van der Waals surface area contributed by atoms with Crippen LogP contribution in [0, 0.1) is 5.92 Å². The van der Waals surface area contributed by atoms with Crippen molar-refractivity contribution in [2.24, 2.45) is 5.92 Å². The molecule has 2 aromatic rings. The Labute approximate surface area is 147 Å². The molecule has 0 saturated carbocycles. The van der Waals surface area contributed by atoms with Crippen molar-refractivity contribution in [3.8, 4) is 17.3 Å². The molecular weight excluding hydrogens is 328 g/mol. The van der Waals surface area contributed by atoms with Crippen LogP contribution in [0.1, 0.15) is 36.8 Å². The molecule has 0 aliphatic heterocycles. The average molecular weight is 349 g/mol. The van der Waals surface area contributed by atoms with Crippen LogP contribution >= 0.6 is 11.6 Å². The highest BCUT2D eigenvalue weighted by atomic mass is 35.5. The maximum Gasteiger partial charge on any atom is 0.345 e. The van der Waals surface area contributed by atoms with Gasteiger partial charge < -0.3 is 9.47 Å². The number of carbonyl (C=O) groups excluding carboxylic acids is 1. The number of methoxy groups -OCH3 is 1. The van der Waals surface area contributed by atoms with Crippen molar-refractivity contribution >= 4 is 17.6 Å². The molecule has 2 rings (SSSR count). The number of halogens is 1. The predicted molar refractivity (Wildman–Crippen MR) is 93.5 cm³/mol. The number of benzene rings is 1. The third-order valence-corrected chi connectivity index (χ3v) is 3.58. The molecule has 0 radical (unpaired) electrons. The fourth-order valence-corrected chi connectivity index (χ4v) is 2.42. The molecule has 0 unspecified atom stereocenters. The summed E-state index contributed by atoms with van der Waals surface area (Å²) in [4.78, 5) is 21.2. The third kappa shape index (κ3) is 4.23. The molecule has 0 saturated heterocycles. The van der Waals surface area contributed by atoms with Gasteiger partial charge in [0.15, 0.2) is 5.82 Å². The van der Waals surface area contributed by atoms with E-state index in [0.717, 1.165) is 5.56 Å². The van der Waals surface area contributed by atoms with E-state index in [1.807, 2.05) is 19.1 Å². The smallest absolute Gasteiger partial charge is 0.345 e. The van der Waals surface area contributed by atoms with Gasteiger partial charge in [0.05, 0.1) is 19.4 Å². The number of rotatable bonds is 6. The van der Waals surface area contributed by atoms with Crippen LogP contribution in [0.25, 0.3) is 11.4 Å². The van der Waals surface area contributed by atoms with Crippen molar-refractivity contribution in [3.63, 3.8) is 0 Å². The molecule has 0 spiro atoms. The SMILES string of the molecule is CCOc1nc(-c2ccc(Cl)cc2)nc(CC(C)C)c1C(=O)OC. The number of hydrogen-bond acceptors (Lipinski definition) is 5. The first-order chi connectivity index (χ1) is 11.5. The van der Waals surface area contributed by atoms with Crippen LogP contribution in [0.3, 0.4) is 0 Å². The number of carbonyl (C=O) groups is 1. The number of hydrogen-bond donors (Lipinski definition) is 0. The highest BCUT2D eigenvalue weighted by molar-refractivity contribution is 6.30. The van der Waals surface area contributed by atoms with E-state index in [1.165, 1.54) is 7.11 Å². The standard InChI is InChI=1S/C18H21ClN2O3/c1-5-24-17-15(18(22)23-4)14(10-11(2)3)20-16(21-17)12-6-8-13(19)9-7-12/h6-9,11H,5,10H2,1-4H3. The topological polar surface area (TPSA) is 61.3 Å². The lowest BCUT2D eigenvalue weighted by Crippen LogP contribution is -2.15. The maximum atomic E-state index is 12.2. The molecule has 0 fully saturated rings. The van der Waals surface area contributed by atoms with E-state index in [1.54, 1.807) is 12.1 Å². The molecule has 128 valence electrons. The highest BCUT2D eigenvalue weighted by Gasteiger charge is 2.24. The zero-order valence-electron chi connectivity index (χ0n) is 14.3. The second kappa shape index (κ2) is 8.11. The minimum absolute atomic E-state index is 0.250. The van der Waals surface area contributed by atoms with E-state index in [0.29, 0.717) is 41.1 Å². The molecule has 5 nitrogen and oxygen atoms in total. The van der Waals surface area contributed by atoms with Gasteiger partial charge in [0.25, 0.3) is 0 Å². The summed E-state index contributed by atoms with van der Waals surface area (Å²) in [5.74, 6) is 0.575. The van der Waals surface area contributed by atoms with Crippen LogP contribution < -0.4 is 4.74 Å². The predicted octanol–water partition coefficient (Wildman–Crippen LogP) is 4.18. The number of ether oxygens (including phenoxy) is 2. The van der Waals surface area contributed by atoms with Crippen LogP contribution in [-0.2, 0) is 11.2 Å². The van der Waals surface area contributed by atoms with Crippen molar-refractivity contribution in [1.82, 2.24) is 9.97 Å². The summed E-state index contributed by atoms with van der Waals surface area (Å²) in [7, 11) is 1.34. The van der Waals surface area contributed by atoms with Gasteiger partial charge >= 0.3 is 5.97 Å². The molecule has 0 bridgehead atoms. The van der Waals surface area contributed by atoms with Crippen LogP contribution in [0.2, 0.25) is 5.02 Å². The highest BCUT2D eigenvalue weighted by Crippen LogP contribution is 2.27. The van der Waals surface area contributed by atoms with Gasteiger partial charge in [0, 0.05) is 10.6 Å². The summed E-state index contributed by atoms with van der Waals surface area (Å²) in [5.41, 5.74) is 1.73. The Balaban J connectivity index is 2.63. The van der Waals surface area contributed by atoms with Crippen molar-refractivity contribution < 1.29 is 14.3 Å². The Hall–Kier alpha value is -2.14. The quantitative estimate of drug-likeness (QED) is 0.733. The van der Waals surface area contributed by atoms with Crippen molar-refractivity contribution in [2.75, 3.05) is 13.7 Å². The first kappa shape index (κ1) is 18.2. The van der Waals surface area contributed by atoms with Gasteiger partial charge in [-0.05, 0) is 43.5 Å². The zero-order valence-corrected chi connectivity index (χ0v) is 15.1. The Morgan fingerprint density at radius 2 is 1.88 bits per heavy atom. The lowest BCUT2D eigenvalue weighted by Gasteiger charge is -2.15. The molecule has 1 heterocycles. The minimum atomic E-state index is -0.489. The zero-order chi connectivity index (χ0) is 17.7. The molecule has 0 atom stereocenters. The summed E-state index contributed by atoms with van der Waals surface area (Å²) in [5, 5.41) is 0.636. The Morgan fingerprint density at radius 3 is 2.42 bits per heavy atom. The molecular formula is C18H21ClN2O3. The van der Waals surface area contributed by atoms with Crippen LogP contribution in [-0.4, -0.2) is 29.7 Å². The van der Waals surface area contributed by atoms with E-state index in [4.69, 9.17) is 21.1 Å². The molecule has 0 amide bonds. The van der Waals surface area contributed by atoms with Crippen LogP contribution in [0.15, 0.2) is 24.3 Å². The van der Waals surface area contributed by atoms with Crippen LogP contribution in [0.5, 0.6) is 5.88 Å². The van der Waals surface area contributed by atoms with Crippen molar-refractivity contribution in [2.45, 2.75) is 27.2 Å². The average Bonchev–Trinajstić information content (AvgIpc) is 2.54. The lowest BCUT2D eigenvalue weighted by atomic mass is 10.0.